The van der Waals surface area contributed by atoms with Crippen molar-refractivity contribution < 1.29 is 4.74 Å². The molecule has 1 saturated carbocycles. The van der Waals surface area contributed by atoms with Gasteiger partial charge in [-0.05, 0) is 25.7 Å². The van der Waals surface area contributed by atoms with Crippen LogP contribution in [0.5, 0.6) is 0 Å². The molecule has 88 valence electrons. The summed E-state index contributed by atoms with van der Waals surface area (Å²) in [5, 5.41) is 3.59. The first-order valence-corrected chi connectivity index (χ1v) is 6.47. The lowest BCUT2D eigenvalue weighted by Gasteiger charge is -2.50. The van der Waals surface area contributed by atoms with Crippen LogP contribution >= 0.6 is 0 Å². The smallest absolute Gasteiger partial charge is 0.0814 e. The van der Waals surface area contributed by atoms with Crippen LogP contribution < -0.4 is 5.32 Å². The zero-order valence-corrected chi connectivity index (χ0v) is 10.4. The Bertz CT molecular complexity index is 215. The quantitative estimate of drug-likeness (QED) is 0.720. The lowest BCUT2D eigenvalue weighted by molar-refractivity contribution is -0.200. The molecule has 1 aliphatic carbocycles. The monoisotopic (exact) mass is 211 g/mol. The van der Waals surface area contributed by atoms with Gasteiger partial charge in [0.25, 0.3) is 0 Å². The Labute approximate surface area is 93.8 Å². The Hall–Kier alpha value is -0.0800. The van der Waals surface area contributed by atoms with Crippen molar-refractivity contribution in [2.45, 2.75) is 64.1 Å². The molecule has 0 aromatic heterocycles. The first-order chi connectivity index (χ1) is 7.06. The molecule has 1 unspecified atom stereocenters. The van der Waals surface area contributed by atoms with E-state index in [1.165, 1.54) is 32.1 Å². The molecular formula is C13H25NO. The number of rotatable bonds is 1. The van der Waals surface area contributed by atoms with E-state index in [1.54, 1.807) is 0 Å². The first-order valence-electron chi connectivity index (χ1n) is 6.47. The van der Waals surface area contributed by atoms with E-state index < -0.39 is 0 Å². The molecule has 2 fully saturated rings. The van der Waals surface area contributed by atoms with Crippen molar-refractivity contribution in [1.82, 2.24) is 5.32 Å². The molecule has 2 heteroatoms. The van der Waals surface area contributed by atoms with Crippen molar-refractivity contribution in [3.8, 4) is 0 Å². The van der Waals surface area contributed by atoms with Crippen LogP contribution in [0.15, 0.2) is 0 Å². The van der Waals surface area contributed by atoms with Gasteiger partial charge in [-0.3, -0.25) is 0 Å². The standard InChI is InChI=1S/C13H25NO/c1-11(2)12(3)9-14-10-13(15-12)7-5-4-6-8-13/h11,14H,4-10H2,1-3H3. The zero-order valence-electron chi connectivity index (χ0n) is 10.4. The SMILES string of the molecule is CC(C)C1(C)CNCC2(CCCCC2)O1. The predicted octanol–water partition coefficient (Wildman–Crippen LogP) is 2.72. The van der Waals surface area contributed by atoms with Crippen molar-refractivity contribution in [3.63, 3.8) is 0 Å². The zero-order chi connectivity index (χ0) is 10.9. The Kier molecular flexibility index (Phi) is 3.09. The van der Waals surface area contributed by atoms with E-state index in [0.29, 0.717) is 5.92 Å². The molecule has 1 aliphatic heterocycles. The Morgan fingerprint density at radius 2 is 1.73 bits per heavy atom. The van der Waals surface area contributed by atoms with Crippen molar-refractivity contribution in [2.75, 3.05) is 13.1 Å². The number of nitrogens with one attached hydrogen (secondary N) is 1. The summed E-state index contributed by atoms with van der Waals surface area (Å²) in [6.45, 7) is 8.87. The van der Waals surface area contributed by atoms with Gasteiger partial charge in [0.05, 0.1) is 11.2 Å². The van der Waals surface area contributed by atoms with Gasteiger partial charge in [0.1, 0.15) is 0 Å². The minimum Gasteiger partial charge on any atom is -0.366 e. The van der Waals surface area contributed by atoms with Crippen molar-refractivity contribution in [2.24, 2.45) is 5.92 Å². The maximum atomic E-state index is 6.50. The van der Waals surface area contributed by atoms with E-state index >= 15 is 0 Å². The molecule has 1 spiro atoms. The Balaban J connectivity index is 2.08. The van der Waals surface area contributed by atoms with Crippen LogP contribution in [0.25, 0.3) is 0 Å². The van der Waals surface area contributed by atoms with Gasteiger partial charge in [-0.25, -0.2) is 0 Å². The van der Waals surface area contributed by atoms with Crippen LogP contribution in [0.2, 0.25) is 0 Å². The highest BCUT2D eigenvalue weighted by molar-refractivity contribution is 4.97. The molecule has 0 aromatic carbocycles. The molecule has 0 amide bonds. The van der Waals surface area contributed by atoms with E-state index in [2.05, 4.69) is 26.1 Å². The van der Waals surface area contributed by atoms with Crippen molar-refractivity contribution in [1.29, 1.82) is 0 Å². The van der Waals surface area contributed by atoms with Crippen LogP contribution in [0.4, 0.5) is 0 Å². The minimum atomic E-state index is 0.0373. The van der Waals surface area contributed by atoms with E-state index in [1.807, 2.05) is 0 Å². The summed E-state index contributed by atoms with van der Waals surface area (Å²) in [5.41, 5.74) is 0.200. The molecule has 0 aromatic rings. The second-order valence-corrected chi connectivity index (χ2v) is 5.92. The molecule has 0 bridgehead atoms. The maximum Gasteiger partial charge on any atom is 0.0814 e. The van der Waals surface area contributed by atoms with E-state index in [4.69, 9.17) is 4.74 Å². The normalized spacial score (nSPS) is 36.0. The minimum absolute atomic E-state index is 0.0373. The Morgan fingerprint density at radius 1 is 1.07 bits per heavy atom. The number of hydrogen-bond donors (Lipinski definition) is 1. The third kappa shape index (κ3) is 2.21. The second kappa shape index (κ2) is 4.06. The fourth-order valence-corrected chi connectivity index (χ4v) is 2.90. The summed E-state index contributed by atoms with van der Waals surface area (Å²) in [6.07, 6.45) is 6.58. The third-order valence-electron chi connectivity index (χ3n) is 4.36. The van der Waals surface area contributed by atoms with Gasteiger partial charge in [-0.2, -0.15) is 0 Å². The molecule has 2 aliphatic rings. The molecule has 0 radical (unpaired) electrons. The molecule has 1 heterocycles. The van der Waals surface area contributed by atoms with Gasteiger partial charge in [0, 0.05) is 13.1 Å². The van der Waals surface area contributed by atoms with E-state index in [0.717, 1.165) is 13.1 Å². The average Bonchev–Trinajstić information content (AvgIpc) is 2.18. The third-order valence-corrected chi connectivity index (χ3v) is 4.36. The van der Waals surface area contributed by atoms with Crippen molar-refractivity contribution in [3.05, 3.63) is 0 Å². The lowest BCUT2D eigenvalue weighted by Crippen LogP contribution is -2.61. The molecule has 15 heavy (non-hydrogen) atoms. The van der Waals surface area contributed by atoms with Crippen LogP contribution in [-0.2, 0) is 4.74 Å². The van der Waals surface area contributed by atoms with E-state index in [9.17, 15) is 0 Å². The van der Waals surface area contributed by atoms with E-state index in [-0.39, 0.29) is 11.2 Å². The van der Waals surface area contributed by atoms with Crippen molar-refractivity contribution >= 4 is 0 Å². The van der Waals surface area contributed by atoms with Crippen LogP contribution in [-0.4, -0.2) is 24.3 Å². The largest absolute Gasteiger partial charge is 0.366 e. The van der Waals surface area contributed by atoms with Crippen LogP contribution in [0.3, 0.4) is 0 Å². The summed E-state index contributed by atoms with van der Waals surface area (Å²) < 4.78 is 6.50. The maximum absolute atomic E-state index is 6.50. The topological polar surface area (TPSA) is 21.3 Å². The number of morpholine rings is 1. The van der Waals surface area contributed by atoms with Crippen LogP contribution in [0, 0.1) is 5.92 Å². The summed E-state index contributed by atoms with van der Waals surface area (Å²) in [5.74, 6) is 0.587. The highest BCUT2D eigenvalue weighted by Gasteiger charge is 2.44. The van der Waals surface area contributed by atoms with Gasteiger partial charge in [-0.15, -0.1) is 0 Å². The number of ether oxygens (including phenoxy) is 1. The molecular weight excluding hydrogens is 186 g/mol. The summed E-state index contributed by atoms with van der Waals surface area (Å²) in [4.78, 5) is 0. The highest BCUT2D eigenvalue weighted by atomic mass is 16.5. The fraction of sp³-hybridized carbons (Fsp3) is 1.00. The molecule has 2 rings (SSSR count). The first kappa shape index (κ1) is 11.4. The molecule has 1 atom stereocenters. The second-order valence-electron chi connectivity index (χ2n) is 5.92. The summed E-state index contributed by atoms with van der Waals surface area (Å²) in [6, 6.07) is 0. The van der Waals surface area contributed by atoms with Crippen LogP contribution in [0.1, 0.15) is 52.9 Å². The molecule has 1 N–H and O–H groups in total. The predicted molar refractivity (Wildman–Crippen MR) is 63.0 cm³/mol. The lowest BCUT2D eigenvalue weighted by atomic mass is 9.80. The molecule has 1 saturated heterocycles. The van der Waals surface area contributed by atoms with Gasteiger partial charge >= 0.3 is 0 Å². The van der Waals surface area contributed by atoms with Gasteiger partial charge < -0.3 is 10.1 Å². The highest BCUT2D eigenvalue weighted by Crippen LogP contribution is 2.39. The Morgan fingerprint density at radius 3 is 2.33 bits per heavy atom. The molecule has 2 nitrogen and oxygen atoms in total. The van der Waals surface area contributed by atoms with Gasteiger partial charge in [-0.1, -0.05) is 33.1 Å². The average molecular weight is 211 g/mol. The summed E-state index contributed by atoms with van der Waals surface area (Å²) >= 11 is 0. The number of hydrogen-bond acceptors (Lipinski definition) is 2. The van der Waals surface area contributed by atoms with Gasteiger partial charge in [0.15, 0.2) is 0 Å². The fourth-order valence-electron chi connectivity index (χ4n) is 2.90. The van der Waals surface area contributed by atoms with Gasteiger partial charge in [0.2, 0.25) is 0 Å². The summed E-state index contributed by atoms with van der Waals surface area (Å²) in [7, 11) is 0.